The van der Waals surface area contributed by atoms with E-state index >= 15 is 0 Å². The minimum Gasteiger partial charge on any atom is -0.465 e. The normalized spacial score (nSPS) is 10.7. The molecule has 0 aliphatic carbocycles. The van der Waals surface area contributed by atoms with Gasteiger partial charge in [0.1, 0.15) is 6.54 Å². The maximum absolute atomic E-state index is 12.1. The Morgan fingerprint density at radius 3 is 2.15 bits per heavy atom. The number of hydrogen-bond donors (Lipinski definition) is 0. The minimum atomic E-state index is -0.322. The summed E-state index contributed by atoms with van der Waals surface area (Å²) in [6, 6.07) is 0.0343. The van der Waals surface area contributed by atoms with Crippen LogP contribution in [0.1, 0.15) is 72.6 Å². The summed E-state index contributed by atoms with van der Waals surface area (Å²) in [7, 11) is 0. The monoisotopic (exact) mass is 285 g/mol. The zero-order chi connectivity index (χ0) is 15.4. The quantitative estimate of drug-likeness (QED) is 0.431. The van der Waals surface area contributed by atoms with Gasteiger partial charge in [0.15, 0.2) is 0 Å². The van der Waals surface area contributed by atoms with Crippen molar-refractivity contribution >= 4 is 11.9 Å². The van der Waals surface area contributed by atoms with E-state index < -0.39 is 0 Å². The van der Waals surface area contributed by atoms with E-state index in [0.29, 0.717) is 13.0 Å². The van der Waals surface area contributed by atoms with Crippen molar-refractivity contribution in [1.82, 2.24) is 4.90 Å². The molecular weight excluding hydrogens is 254 g/mol. The van der Waals surface area contributed by atoms with Gasteiger partial charge >= 0.3 is 5.97 Å². The number of nitrogens with zero attached hydrogens (tertiary/aromatic N) is 1. The predicted molar refractivity (Wildman–Crippen MR) is 81.5 cm³/mol. The maximum atomic E-state index is 12.1. The van der Waals surface area contributed by atoms with Crippen LogP contribution in [0.4, 0.5) is 0 Å². The van der Waals surface area contributed by atoms with E-state index in [4.69, 9.17) is 4.74 Å². The molecule has 4 heteroatoms. The number of rotatable bonds is 11. The lowest BCUT2D eigenvalue weighted by Gasteiger charge is -2.25. The zero-order valence-corrected chi connectivity index (χ0v) is 13.6. The van der Waals surface area contributed by atoms with Crippen LogP contribution in [-0.4, -0.2) is 36.0 Å². The molecule has 0 aromatic heterocycles. The lowest BCUT2D eigenvalue weighted by atomic mass is 10.1. The summed E-state index contributed by atoms with van der Waals surface area (Å²) in [4.78, 5) is 25.2. The fourth-order valence-corrected chi connectivity index (χ4v) is 2.10. The van der Waals surface area contributed by atoms with Gasteiger partial charge in [0.2, 0.25) is 5.91 Å². The maximum Gasteiger partial charge on any atom is 0.325 e. The average molecular weight is 285 g/mol. The molecule has 0 aromatic carbocycles. The van der Waals surface area contributed by atoms with E-state index in [1.54, 1.807) is 11.8 Å². The Morgan fingerprint density at radius 2 is 1.60 bits per heavy atom. The molecule has 0 N–H and O–H groups in total. The first-order valence-electron chi connectivity index (χ1n) is 7.98. The molecule has 0 rings (SSSR count). The molecule has 4 nitrogen and oxygen atoms in total. The van der Waals surface area contributed by atoms with E-state index in [2.05, 4.69) is 6.92 Å². The van der Waals surface area contributed by atoms with E-state index in [-0.39, 0.29) is 24.5 Å². The third-order valence-electron chi connectivity index (χ3n) is 3.29. The van der Waals surface area contributed by atoms with Gasteiger partial charge in [-0.2, -0.15) is 0 Å². The minimum absolute atomic E-state index is 0.0343. The number of esters is 1. The molecule has 0 atom stereocenters. The number of ether oxygens (including phenoxy) is 1. The van der Waals surface area contributed by atoms with Crippen LogP contribution in [0.15, 0.2) is 0 Å². The highest BCUT2D eigenvalue weighted by Crippen LogP contribution is 2.10. The first kappa shape index (κ1) is 18.9. The molecule has 20 heavy (non-hydrogen) atoms. The SMILES string of the molecule is CCCCCCCCC(=O)N(CC(=O)OCC)C(C)C. The fourth-order valence-electron chi connectivity index (χ4n) is 2.10. The van der Waals surface area contributed by atoms with E-state index in [9.17, 15) is 9.59 Å². The van der Waals surface area contributed by atoms with Crippen molar-refractivity contribution in [3.05, 3.63) is 0 Å². The lowest BCUT2D eigenvalue weighted by molar-refractivity contribution is -0.150. The predicted octanol–water partition coefficient (Wildman–Crippen LogP) is 3.54. The molecule has 1 amide bonds. The highest BCUT2D eigenvalue weighted by atomic mass is 16.5. The van der Waals surface area contributed by atoms with Crippen LogP contribution >= 0.6 is 0 Å². The third kappa shape index (κ3) is 8.94. The summed E-state index contributed by atoms with van der Waals surface area (Å²) in [6.45, 7) is 8.25. The van der Waals surface area contributed by atoms with Crippen molar-refractivity contribution in [1.29, 1.82) is 0 Å². The van der Waals surface area contributed by atoms with Crippen LogP contribution < -0.4 is 0 Å². The van der Waals surface area contributed by atoms with Crippen LogP contribution in [0.2, 0.25) is 0 Å². The molecule has 0 aromatic rings. The van der Waals surface area contributed by atoms with Crippen LogP contribution in [0.25, 0.3) is 0 Å². The molecular formula is C16H31NO3. The number of carbonyl (C=O) groups excluding carboxylic acids is 2. The largest absolute Gasteiger partial charge is 0.465 e. The van der Waals surface area contributed by atoms with Gasteiger partial charge in [0.05, 0.1) is 6.61 Å². The van der Waals surface area contributed by atoms with Gasteiger partial charge < -0.3 is 9.64 Å². The molecule has 118 valence electrons. The van der Waals surface area contributed by atoms with Crippen molar-refractivity contribution in [3.63, 3.8) is 0 Å². The van der Waals surface area contributed by atoms with E-state index in [1.807, 2.05) is 13.8 Å². The first-order valence-corrected chi connectivity index (χ1v) is 7.98. The Hall–Kier alpha value is -1.06. The molecule has 0 radical (unpaired) electrons. The highest BCUT2D eigenvalue weighted by Gasteiger charge is 2.20. The van der Waals surface area contributed by atoms with Crippen molar-refractivity contribution in [3.8, 4) is 0 Å². The van der Waals surface area contributed by atoms with Gasteiger partial charge in [-0.1, -0.05) is 39.0 Å². The molecule has 0 aliphatic heterocycles. The van der Waals surface area contributed by atoms with Crippen LogP contribution in [0, 0.1) is 0 Å². The second kappa shape index (κ2) is 11.7. The molecule has 0 saturated heterocycles. The molecule has 0 heterocycles. The molecule has 0 spiro atoms. The van der Waals surface area contributed by atoms with Crippen molar-refractivity contribution in [2.75, 3.05) is 13.2 Å². The lowest BCUT2D eigenvalue weighted by Crippen LogP contribution is -2.41. The highest BCUT2D eigenvalue weighted by molar-refractivity contribution is 5.82. The van der Waals surface area contributed by atoms with Gasteiger partial charge in [0.25, 0.3) is 0 Å². The summed E-state index contributed by atoms with van der Waals surface area (Å²) in [5.41, 5.74) is 0. The van der Waals surface area contributed by atoms with Gasteiger partial charge in [-0.15, -0.1) is 0 Å². The molecule has 0 bridgehead atoms. The number of hydrogen-bond acceptors (Lipinski definition) is 3. The van der Waals surface area contributed by atoms with Crippen LogP contribution in [0.3, 0.4) is 0 Å². The fraction of sp³-hybridized carbons (Fsp3) is 0.875. The smallest absolute Gasteiger partial charge is 0.325 e. The standard InChI is InChI=1S/C16H31NO3/c1-5-7-8-9-10-11-12-15(18)17(14(3)4)13-16(19)20-6-2/h14H,5-13H2,1-4H3. The second-order valence-corrected chi connectivity index (χ2v) is 5.44. The summed E-state index contributed by atoms with van der Waals surface area (Å²) < 4.78 is 4.91. The first-order chi connectivity index (χ1) is 9.52. The Labute approximate surface area is 123 Å². The van der Waals surface area contributed by atoms with E-state index in [0.717, 1.165) is 12.8 Å². The topological polar surface area (TPSA) is 46.6 Å². The Morgan fingerprint density at radius 1 is 1.00 bits per heavy atom. The Kier molecular flexibility index (Phi) is 11.1. The summed E-state index contributed by atoms with van der Waals surface area (Å²) >= 11 is 0. The number of carbonyl (C=O) groups is 2. The van der Waals surface area contributed by atoms with Crippen molar-refractivity contribution in [2.24, 2.45) is 0 Å². The van der Waals surface area contributed by atoms with Gasteiger partial charge in [0, 0.05) is 12.5 Å². The van der Waals surface area contributed by atoms with Crippen LogP contribution in [0.5, 0.6) is 0 Å². The molecule has 0 fully saturated rings. The molecule has 0 unspecified atom stereocenters. The van der Waals surface area contributed by atoms with Gasteiger partial charge in [-0.3, -0.25) is 9.59 Å². The summed E-state index contributed by atoms with van der Waals surface area (Å²) in [5, 5.41) is 0. The molecule has 0 aliphatic rings. The van der Waals surface area contributed by atoms with E-state index in [1.165, 1.54) is 25.7 Å². The summed E-state index contributed by atoms with van der Waals surface area (Å²) in [5.74, 6) is -0.263. The van der Waals surface area contributed by atoms with Crippen molar-refractivity contribution in [2.45, 2.75) is 78.7 Å². The second-order valence-electron chi connectivity index (χ2n) is 5.44. The summed E-state index contributed by atoms with van der Waals surface area (Å²) in [6.07, 6.45) is 7.49. The third-order valence-corrected chi connectivity index (χ3v) is 3.29. The van der Waals surface area contributed by atoms with Gasteiger partial charge in [-0.05, 0) is 27.2 Å². The Bertz CT molecular complexity index is 277. The van der Waals surface area contributed by atoms with Crippen LogP contribution in [-0.2, 0) is 14.3 Å². The number of unbranched alkanes of at least 4 members (excludes halogenated alkanes) is 5. The number of amides is 1. The molecule has 0 saturated carbocycles. The van der Waals surface area contributed by atoms with Gasteiger partial charge in [-0.25, -0.2) is 0 Å². The zero-order valence-electron chi connectivity index (χ0n) is 13.6. The van der Waals surface area contributed by atoms with Crippen molar-refractivity contribution < 1.29 is 14.3 Å². The Balaban J connectivity index is 4.01. The average Bonchev–Trinajstić information content (AvgIpc) is 2.39.